The van der Waals surface area contributed by atoms with Crippen molar-refractivity contribution in [2.75, 3.05) is 40.0 Å². The molecule has 0 bridgehead atoms. The normalized spacial score (nSPS) is 25.2. The van der Waals surface area contributed by atoms with Crippen LogP contribution in [0, 0.1) is 0 Å². The highest BCUT2D eigenvalue weighted by Gasteiger charge is 2.66. The molecule has 0 radical (unpaired) electrons. The second kappa shape index (κ2) is 18.8. The number of carbonyl (C=O) groups is 2. The van der Waals surface area contributed by atoms with Crippen LogP contribution >= 0.6 is 0 Å². The van der Waals surface area contributed by atoms with Crippen molar-refractivity contribution in [2.24, 2.45) is 0 Å². The smallest absolute Gasteiger partial charge is 0.421 e. The predicted molar refractivity (Wildman–Crippen MR) is 183 cm³/mol. The van der Waals surface area contributed by atoms with E-state index in [2.05, 4.69) is 16.6 Å². The van der Waals surface area contributed by atoms with E-state index >= 15 is 0 Å². The van der Waals surface area contributed by atoms with Gasteiger partial charge in [-0.25, -0.2) is 17.9 Å². The van der Waals surface area contributed by atoms with E-state index < -0.39 is 52.0 Å². The Kier molecular flexibility index (Phi) is 15.2. The Labute approximate surface area is 292 Å². The first kappa shape index (κ1) is 39.5. The number of carbonyl (C=O) groups excluding carboxylic acids is 2. The molecular formula is C36H58N2O10S. The molecular weight excluding hydrogens is 652 g/mol. The number of hydrogen-bond donors (Lipinski definition) is 1. The monoisotopic (exact) mass is 710 g/mol. The summed E-state index contributed by atoms with van der Waals surface area (Å²) in [7, 11) is -3.00. The minimum Gasteiger partial charge on any atom is -0.469 e. The summed E-state index contributed by atoms with van der Waals surface area (Å²) in [6.45, 7) is 8.65. The summed E-state index contributed by atoms with van der Waals surface area (Å²) in [6, 6.07) is 5.62. The molecule has 13 heteroatoms. The molecule has 0 aliphatic carbocycles. The SMILES string of the molecule is CCCCCCCCCCCCOC[C@@]12O[C@@H](CN3CCCCC3)[C@@H](OC(=O)NS(=O)(=O)c3ccc(CC(=O)OC)cc3)[C@@H]1OC(C)(C)O2. The quantitative estimate of drug-likeness (QED) is 0.129. The first-order chi connectivity index (χ1) is 23.5. The molecule has 12 nitrogen and oxygen atoms in total. The first-order valence-corrected chi connectivity index (χ1v) is 19.7. The molecule has 3 fully saturated rings. The van der Waals surface area contributed by atoms with Crippen molar-refractivity contribution < 1.29 is 46.4 Å². The van der Waals surface area contributed by atoms with Gasteiger partial charge in [0, 0.05) is 13.2 Å². The summed E-state index contributed by atoms with van der Waals surface area (Å²) in [6.07, 6.45) is 12.0. The van der Waals surface area contributed by atoms with Crippen molar-refractivity contribution >= 4 is 22.1 Å². The van der Waals surface area contributed by atoms with E-state index in [1.165, 1.54) is 82.7 Å². The lowest BCUT2D eigenvalue weighted by Crippen LogP contribution is -2.48. The Balaban J connectivity index is 1.36. The summed E-state index contributed by atoms with van der Waals surface area (Å²) in [5.41, 5.74) is 0.574. The molecule has 0 saturated carbocycles. The van der Waals surface area contributed by atoms with E-state index in [0.717, 1.165) is 45.2 Å². The first-order valence-electron chi connectivity index (χ1n) is 18.2. The molecule has 4 rings (SSSR count). The third kappa shape index (κ3) is 11.9. The summed E-state index contributed by atoms with van der Waals surface area (Å²) in [5.74, 6) is -2.81. The highest BCUT2D eigenvalue weighted by Crippen LogP contribution is 2.47. The zero-order valence-electron chi connectivity index (χ0n) is 29.9. The lowest BCUT2D eigenvalue weighted by Gasteiger charge is -2.33. The van der Waals surface area contributed by atoms with E-state index in [1.54, 1.807) is 13.8 Å². The van der Waals surface area contributed by atoms with Gasteiger partial charge in [-0.3, -0.25) is 4.79 Å². The van der Waals surface area contributed by atoms with E-state index in [-0.39, 0.29) is 17.9 Å². The molecule has 1 N–H and O–H groups in total. The fraction of sp³-hybridized carbons (Fsp3) is 0.778. The average molecular weight is 711 g/mol. The molecule has 1 aromatic carbocycles. The van der Waals surface area contributed by atoms with Gasteiger partial charge in [-0.1, -0.05) is 83.3 Å². The molecule has 0 unspecified atom stereocenters. The van der Waals surface area contributed by atoms with Gasteiger partial charge in [-0.15, -0.1) is 0 Å². The standard InChI is InChI=1S/C36H58N2O10S/c1-5-6-7-8-9-10-11-12-13-17-24-44-27-36-33(47-35(2,3)48-36)32(30(46-36)26-38-22-15-14-16-23-38)45-34(40)37-49(41,42)29-20-18-28(19-21-29)25-31(39)43-4/h18-21,30,32-33H,5-17,22-27H2,1-4H3,(H,37,40)/t30-,32+,33-,36-/m0/s1. The van der Waals surface area contributed by atoms with E-state index in [9.17, 15) is 18.0 Å². The van der Waals surface area contributed by atoms with E-state index in [4.69, 9.17) is 23.7 Å². The number of likely N-dealkylation sites (tertiary alicyclic amines) is 1. The Morgan fingerprint density at radius 1 is 0.918 bits per heavy atom. The van der Waals surface area contributed by atoms with Crippen molar-refractivity contribution in [2.45, 2.75) is 145 Å². The fourth-order valence-electron chi connectivity index (χ4n) is 6.89. The number of sulfonamides is 1. The van der Waals surface area contributed by atoms with Crippen LogP contribution in [-0.2, 0) is 49.7 Å². The molecule has 0 spiro atoms. The minimum absolute atomic E-state index is 0.00307. The summed E-state index contributed by atoms with van der Waals surface area (Å²) < 4.78 is 64.2. The largest absolute Gasteiger partial charge is 0.469 e. The van der Waals surface area contributed by atoms with Crippen LogP contribution < -0.4 is 4.72 Å². The number of amides is 1. The van der Waals surface area contributed by atoms with Crippen molar-refractivity contribution in [1.29, 1.82) is 0 Å². The molecule has 3 saturated heterocycles. The maximum Gasteiger partial charge on any atom is 0.421 e. The van der Waals surface area contributed by atoms with Gasteiger partial charge in [0.05, 0.1) is 18.4 Å². The maximum atomic E-state index is 13.2. The van der Waals surface area contributed by atoms with Gasteiger partial charge < -0.3 is 33.3 Å². The summed E-state index contributed by atoms with van der Waals surface area (Å²) in [4.78, 5) is 26.9. The molecule has 3 aliphatic heterocycles. The number of unbranched alkanes of at least 4 members (excludes halogenated alkanes) is 9. The molecule has 278 valence electrons. The van der Waals surface area contributed by atoms with E-state index in [1.807, 2.05) is 4.72 Å². The zero-order chi connectivity index (χ0) is 35.3. The second-order valence-electron chi connectivity index (χ2n) is 14.0. The van der Waals surface area contributed by atoms with Gasteiger partial charge in [0.2, 0.25) is 5.79 Å². The van der Waals surface area contributed by atoms with Gasteiger partial charge in [-0.05, 0) is 63.9 Å². The Morgan fingerprint density at radius 3 is 2.18 bits per heavy atom. The minimum atomic E-state index is -4.28. The number of rotatable bonds is 20. The number of piperidine rings is 1. The summed E-state index contributed by atoms with van der Waals surface area (Å²) >= 11 is 0. The molecule has 1 amide bonds. The number of methoxy groups -OCH3 is 1. The Hall–Kier alpha value is -2.29. The van der Waals surface area contributed by atoms with Gasteiger partial charge in [0.1, 0.15) is 12.7 Å². The van der Waals surface area contributed by atoms with Crippen LogP contribution in [0.15, 0.2) is 29.2 Å². The number of esters is 1. The fourth-order valence-corrected chi connectivity index (χ4v) is 7.77. The van der Waals surface area contributed by atoms with Crippen LogP contribution in [0.1, 0.15) is 110 Å². The van der Waals surface area contributed by atoms with Crippen LogP contribution in [0.25, 0.3) is 0 Å². The number of nitrogens with zero attached hydrogens (tertiary/aromatic N) is 1. The van der Waals surface area contributed by atoms with Gasteiger partial charge in [-0.2, -0.15) is 0 Å². The molecule has 3 heterocycles. The highest BCUT2D eigenvalue weighted by molar-refractivity contribution is 7.90. The van der Waals surface area contributed by atoms with E-state index in [0.29, 0.717) is 18.7 Å². The third-order valence-electron chi connectivity index (χ3n) is 9.38. The van der Waals surface area contributed by atoms with Crippen molar-refractivity contribution in [1.82, 2.24) is 9.62 Å². The van der Waals surface area contributed by atoms with Gasteiger partial charge in [0.15, 0.2) is 18.0 Å². The van der Waals surface area contributed by atoms with Crippen LogP contribution in [-0.4, -0.2) is 95.2 Å². The zero-order valence-corrected chi connectivity index (χ0v) is 30.7. The van der Waals surface area contributed by atoms with Crippen LogP contribution in [0.4, 0.5) is 4.79 Å². The number of hydrogen-bond acceptors (Lipinski definition) is 11. The molecule has 49 heavy (non-hydrogen) atoms. The van der Waals surface area contributed by atoms with Crippen LogP contribution in [0.2, 0.25) is 0 Å². The highest BCUT2D eigenvalue weighted by atomic mass is 32.2. The number of fused-ring (bicyclic) bond motifs is 1. The number of nitrogens with one attached hydrogen (secondary N) is 1. The lowest BCUT2D eigenvalue weighted by atomic mass is 10.0. The number of benzene rings is 1. The second-order valence-corrected chi connectivity index (χ2v) is 15.7. The van der Waals surface area contributed by atoms with Crippen LogP contribution in [0.3, 0.4) is 0 Å². The molecule has 1 aromatic rings. The third-order valence-corrected chi connectivity index (χ3v) is 10.7. The van der Waals surface area contributed by atoms with Gasteiger partial charge in [0.25, 0.3) is 10.0 Å². The topological polar surface area (TPSA) is 139 Å². The average Bonchev–Trinajstić information content (AvgIpc) is 3.47. The summed E-state index contributed by atoms with van der Waals surface area (Å²) in [5, 5.41) is 0. The predicted octanol–water partition coefficient (Wildman–Crippen LogP) is 5.86. The Morgan fingerprint density at radius 2 is 1.55 bits per heavy atom. The maximum absolute atomic E-state index is 13.2. The molecule has 0 aromatic heterocycles. The van der Waals surface area contributed by atoms with Crippen LogP contribution in [0.5, 0.6) is 0 Å². The van der Waals surface area contributed by atoms with Crippen molar-refractivity contribution in [3.05, 3.63) is 29.8 Å². The Bertz CT molecular complexity index is 1280. The van der Waals surface area contributed by atoms with Gasteiger partial charge >= 0.3 is 12.1 Å². The number of ether oxygens (including phenoxy) is 6. The van der Waals surface area contributed by atoms with Crippen molar-refractivity contribution in [3.63, 3.8) is 0 Å². The van der Waals surface area contributed by atoms with Crippen molar-refractivity contribution in [3.8, 4) is 0 Å². The molecule has 4 atom stereocenters. The lowest BCUT2D eigenvalue weighted by molar-refractivity contribution is -0.279. The molecule has 3 aliphatic rings.